The van der Waals surface area contributed by atoms with Crippen LogP contribution < -0.4 is 10.9 Å². The van der Waals surface area contributed by atoms with Gasteiger partial charge in [0.2, 0.25) is 10.0 Å². The summed E-state index contributed by atoms with van der Waals surface area (Å²) < 4.78 is 84.4. The van der Waals surface area contributed by atoms with Gasteiger partial charge in [0.05, 0.1) is 15.5 Å². The number of nitrogen functional groups attached to an aromatic ring is 1. The third-order valence-corrected chi connectivity index (χ3v) is 7.79. The Bertz CT molecular complexity index is 807. The zero-order valence-corrected chi connectivity index (χ0v) is 14.2. The van der Waals surface area contributed by atoms with Crippen LogP contribution in [0.15, 0.2) is 17.0 Å². The number of rotatable bonds is 5. The molecule has 0 aliphatic rings. The maximum absolute atomic E-state index is 12.9. The van der Waals surface area contributed by atoms with Gasteiger partial charge in [-0.1, -0.05) is 24.9 Å². The van der Waals surface area contributed by atoms with E-state index in [1.54, 1.807) is 0 Å². The van der Waals surface area contributed by atoms with Crippen molar-refractivity contribution in [1.82, 2.24) is 0 Å². The van der Waals surface area contributed by atoms with Gasteiger partial charge in [-0.3, -0.25) is 0 Å². The van der Waals surface area contributed by atoms with Crippen LogP contribution in [-0.4, -0.2) is 21.4 Å². The molecule has 12 heteroatoms. The summed E-state index contributed by atoms with van der Waals surface area (Å²) >= 11 is 5.67. The highest BCUT2D eigenvalue weighted by molar-refractivity contribution is 8.08. The number of nitrogens with two attached hydrogens (primary N) is 2. The number of sulfonamides is 1. The van der Waals surface area contributed by atoms with Gasteiger partial charge in [0.25, 0.3) is 0 Å². The summed E-state index contributed by atoms with van der Waals surface area (Å²) in [7, 11) is -9.32. The fourth-order valence-corrected chi connectivity index (χ4v) is 6.13. The second kappa shape index (κ2) is 6.46. The lowest BCUT2D eigenvalue weighted by molar-refractivity contribution is -0.137. The summed E-state index contributed by atoms with van der Waals surface area (Å²) in [5.41, 5.74) is 3.00. The van der Waals surface area contributed by atoms with Gasteiger partial charge in [0.1, 0.15) is 0 Å². The van der Waals surface area contributed by atoms with Crippen LogP contribution in [0.4, 0.5) is 18.9 Å². The average molecular weight is 395 g/mol. The van der Waals surface area contributed by atoms with E-state index in [2.05, 4.69) is 0 Å². The molecule has 0 fully saturated rings. The molecule has 1 aromatic rings. The second-order valence-corrected chi connectivity index (χ2v) is 9.27. The van der Waals surface area contributed by atoms with Crippen molar-refractivity contribution in [2.45, 2.75) is 35.4 Å². The van der Waals surface area contributed by atoms with Gasteiger partial charge in [-0.05, 0) is 18.6 Å². The normalized spacial score (nSPS) is 14.7. The van der Waals surface area contributed by atoms with Crippen molar-refractivity contribution in [2.24, 2.45) is 5.14 Å². The van der Waals surface area contributed by atoms with E-state index >= 15 is 0 Å². The molecule has 0 aromatic heterocycles. The van der Waals surface area contributed by atoms with E-state index in [1.165, 1.54) is 6.92 Å². The molecule has 1 aromatic carbocycles. The molecular weight excluding hydrogens is 381 g/mol. The lowest BCUT2D eigenvalue weighted by atomic mass is 10.2. The van der Waals surface area contributed by atoms with E-state index in [4.69, 9.17) is 22.5 Å². The predicted octanol–water partition coefficient (Wildman–Crippen LogP) is 2.13. The molecule has 0 amide bonds. The summed E-state index contributed by atoms with van der Waals surface area (Å²) in [6.07, 6.45) is -5.19. The van der Waals surface area contributed by atoms with Crippen LogP contribution >= 0.6 is 11.6 Å². The highest BCUT2D eigenvalue weighted by atomic mass is 35.5. The second-order valence-electron chi connectivity index (χ2n) is 4.72. The SMILES string of the molecule is CCCC(S(N)(=O)=O)S(=O)(=O)c1cc(C(F)(F)F)c(N)cc1Cl. The standard InChI is InChI=1S/C11H14ClF3N2O4S2/c1-2-3-10(23(17,20)21)22(18,19)9-4-6(11(13,14)15)8(16)5-7(9)12/h4-5,10H,2-3,16H2,1H3,(H2,17,20,21). The predicted molar refractivity (Wildman–Crippen MR) is 79.9 cm³/mol. The van der Waals surface area contributed by atoms with Crippen molar-refractivity contribution in [3.63, 3.8) is 0 Å². The summed E-state index contributed by atoms with van der Waals surface area (Å²) in [6.45, 7) is 1.50. The zero-order valence-electron chi connectivity index (χ0n) is 11.8. The molecule has 0 saturated heterocycles. The Labute approximate surface area is 136 Å². The first kappa shape index (κ1) is 20.0. The van der Waals surface area contributed by atoms with E-state index in [0.29, 0.717) is 6.07 Å². The van der Waals surface area contributed by atoms with Crippen molar-refractivity contribution < 1.29 is 30.0 Å². The maximum atomic E-state index is 12.9. The quantitative estimate of drug-likeness (QED) is 0.741. The Morgan fingerprint density at radius 2 is 1.74 bits per heavy atom. The lowest BCUT2D eigenvalue weighted by Crippen LogP contribution is -2.36. The molecule has 132 valence electrons. The first-order valence-corrected chi connectivity index (χ1v) is 9.68. The minimum atomic E-state index is -4.93. The van der Waals surface area contributed by atoms with Crippen LogP contribution in [0.25, 0.3) is 0 Å². The summed E-state index contributed by atoms with van der Waals surface area (Å²) in [5.74, 6) is 0. The van der Waals surface area contributed by atoms with Gasteiger partial charge in [-0.15, -0.1) is 0 Å². The van der Waals surface area contributed by atoms with E-state index in [-0.39, 0.29) is 18.9 Å². The Hall–Kier alpha value is -1.04. The van der Waals surface area contributed by atoms with Gasteiger partial charge in [0.15, 0.2) is 14.4 Å². The van der Waals surface area contributed by atoms with Crippen molar-refractivity contribution in [1.29, 1.82) is 0 Å². The number of hydrogen-bond acceptors (Lipinski definition) is 5. The molecule has 0 aliphatic heterocycles. The molecule has 0 saturated carbocycles. The largest absolute Gasteiger partial charge is 0.418 e. The van der Waals surface area contributed by atoms with Gasteiger partial charge in [-0.25, -0.2) is 22.0 Å². The molecule has 1 atom stereocenters. The molecule has 1 rings (SSSR count). The highest BCUT2D eigenvalue weighted by Crippen LogP contribution is 2.39. The third kappa shape index (κ3) is 4.28. The van der Waals surface area contributed by atoms with Crippen molar-refractivity contribution in [3.05, 3.63) is 22.7 Å². The fraction of sp³-hybridized carbons (Fsp3) is 0.455. The average Bonchev–Trinajstić information content (AvgIpc) is 2.32. The maximum Gasteiger partial charge on any atom is 0.418 e. The Balaban J connectivity index is 3.68. The monoisotopic (exact) mass is 394 g/mol. The molecule has 0 bridgehead atoms. The Morgan fingerprint density at radius 3 is 2.13 bits per heavy atom. The first-order valence-electron chi connectivity index (χ1n) is 6.14. The Morgan fingerprint density at radius 1 is 1.22 bits per heavy atom. The van der Waals surface area contributed by atoms with Crippen LogP contribution in [0.1, 0.15) is 25.3 Å². The van der Waals surface area contributed by atoms with E-state index < -0.39 is 51.8 Å². The first-order chi connectivity index (χ1) is 10.2. The number of anilines is 1. The molecule has 4 N–H and O–H groups in total. The molecule has 1 unspecified atom stereocenters. The highest BCUT2D eigenvalue weighted by Gasteiger charge is 2.40. The molecular formula is C11H14ClF3N2O4S2. The van der Waals surface area contributed by atoms with Crippen LogP contribution in [0.3, 0.4) is 0 Å². The minimum Gasteiger partial charge on any atom is -0.398 e. The Kier molecular flexibility index (Phi) is 5.62. The van der Waals surface area contributed by atoms with Gasteiger partial charge in [-0.2, -0.15) is 13.2 Å². The topological polar surface area (TPSA) is 120 Å². The number of alkyl halides is 3. The van der Waals surface area contributed by atoms with Crippen LogP contribution in [0, 0.1) is 0 Å². The van der Waals surface area contributed by atoms with Crippen LogP contribution in [-0.2, 0) is 26.0 Å². The zero-order chi connectivity index (χ0) is 18.2. The van der Waals surface area contributed by atoms with Crippen LogP contribution in [0.2, 0.25) is 5.02 Å². The van der Waals surface area contributed by atoms with E-state index in [9.17, 15) is 30.0 Å². The van der Waals surface area contributed by atoms with E-state index in [1.807, 2.05) is 0 Å². The molecule has 0 aliphatic carbocycles. The lowest BCUT2D eigenvalue weighted by Gasteiger charge is -2.18. The molecule has 6 nitrogen and oxygen atoms in total. The number of benzene rings is 1. The number of hydrogen-bond donors (Lipinski definition) is 2. The third-order valence-electron chi connectivity index (χ3n) is 2.95. The molecule has 0 spiro atoms. The summed E-state index contributed by atoms with van der Waals surface area (Å²) in [4.78, 5) is -0.979. The van der Waals surface area contributed by atoms with Crippen LogP contribution in [0.5, 0.6) is 0 Å². The summed E-state index contributed by atoms with van der Waals surface area (Å²) in [5, 5.41) is 4.29. The molecule has 0 radical (unpaired) electrons. The smallest absolute Gasteiger partial charge is 0.398 e. The van der Waals surface area contributed by atoms with Crippen molar-refractivity contribution in [2.75, 3.05) is 5.73 Å². The number of sulfone groups is 1. The van der Waals surface area contributed by atoms with E-state index in [0.717, 1.165) is 0 Å². The summed E-state index contributed by atoms with van der Waals surface area (Å²) in [6, 6.07) is 0.838. The van der Waals surface area contributed by atoms with Gasteiger partial charge >= 0.3 is 6.18 Å². The van der Waals surface area contributed by atoms with Gasteiger partial charge < -0.3 is 5.73 Å². The number of halogens is 4. The molecule has 23 heavy (non-hydrogen) atoms. The number of primary sulfonamides is 1. The molecule has 0 heterocycles. The van der Waals surface area contributed by atoms with Crippen molar-refractivity contribution >= 4 is 37.1 Å². The minimum absolute atomic E-state index is 0.124. The fourth-order valence-electron chi connectivity index (χ4n) is 1.91. The van der Waals surface area contributed by atoms with Gasteiger partial charge in [0, 0.05) is 5.69 Å². The van der Waals surface area contributed by atoms with Crippen molar-refractivity contribution in [3.8, 4) is 0 Å².